The van der Waals surface area contributed by atoms with Crippen molar-refractivity contribution in [2.24, 2.45) is 0 Å². The monoisotopic (exact) mass is 454 g/mol. The van der Waals surface area contributed by atoms with Crippen molar-refractivity contribution in [3.8, 4) is 11.4 Å². The van der Waals surface area contributed by atoms with E-state index in [9.17, 15) is 18.0 Å². The van der Waals surface area contributed by atoms with Gasteiger partial charge in [0.1, 0.15) is 0 Å². The molecule has 10 heteroatoms. The summed E-state index contributed by atoms with van der Waals surface area (Å²) in [4.78, 5) is 13.5. The van der Waals surface area contributed by atoms with Crippen molar-refractivity contribution in [2.75, 3.05) is 11.1 Å². The van der Waals surface area contributed by atoms with E-state index in [-0.39, 0.29) is 11.4 Å². The number of benzene rings is 1. The van der Waals surface area contributed by atoms with Gasteiger partial charge in [-0.1, -0.05) is 24.8 Å². The first-order valence-corrected chi connectivity index (χ1v) is 11.2. The minimum atomic E-state index is -4.46. The quantitative estimate of drug-likeness (QED) is 0.469. The summed E-state index contributed by atoms with van der Waals surface area (Å²) in [7, 11) is 0. The molecule has 0 aliphatic heterocycles. The zero-order valence-corrected chi connectivity index (χ0v) is 18.3. The molecule has 5 nitrogen and oxygen atoms in total. The third kappa shape index (κ3) is 4.86. The molecule has 3 aromatic rings. The number of hydrogen-bond donors (Lipinski definition) is 1. The van der Waals surface area contributed by atoms with Gasteiger partial charge >= 0.3 is 6.18 Å². The van der Waals surface area contributed by atoms with Gasteiger partial charge < -0.3 is 9.88 Å². The Hall–Kier alpha value is -2.33. The first kappa shape index (κ1) is 22.4. The second kappa shape index (κ2) is 9.22. The Labute approximate surface area is 180 Å². The molecule has 0 atom stereocenters. The lowest BCUT2D eigenvalue weighted by molar-refractivity contribution is -0.137. The molecule has 2 heterocycles. The van der Waals surface area contributed by atoms with Gasteiger partial charge in [0.25, 0.3) is 0 Å². The molecule has 1 aromatic carbocycles. The Morgan fingerprint density at radius 2 is 2.03 bits per heavy atom. The number of aromatic nitrogens is 3. The second-order valence-corrected chi connectivity index (χ2v) is 8.53. The number of nitrogens with zero attached hydrogens (tertiary/aromatic N) is 3. The molecular formula is C20H21F3N4OS2. The first-order chi connectivity index (χ1) is 14.2. The maximum Gasteiger partial charge on any atom is 0.416 e. The molecular weight excluding hydrogens is 433 g/mol. The minimum Gasteiger partial charge on any atom is -0.325 e. The van der Waals surface area contributed by atoms with Crippen molar-refractivity contribution in [3.63, 3.8) is 0 Å². The van der Waals surface area contributed by atoms with E-state index < -0.39 is 17.6 Å². The van der Waals surface area contributed by atoms with Crippen LogP contribution in [0.15, 0.2) is 34.8 Å². The summed E-state index contributed by atoms with van der Waals surface area (Å²) in [6.07, 6.45) is -3.57. The van der Waals surface area contributed by atoms with Crippen LogP contribution in [-0.4, -0.2) is 26.4 Å². The Bertz CT molecular complexity index is 1040. The number of aryl methyl sites for hydroxylation is 1. The van der Waals surface area contributed by atoms with Crippen LogP contribution in [0.3, 0.4) is 0 Å². The highest BCUT2D eigenvalue weighted by molar-refractivity contribution is 7.99. The van der Waals surface area contributed by atoms with Crippen LogP contribution in [0.25, 0.3) is 11.4 Å². The number of anilines is 1. The number of carbonyl (C=O) groups excluding carboxylic acids is 1. The fourth-order valence-corrected chi connectivity index (χ4v) is 4.83. The Morgan fingerprint density at radius 1 is 1.27 bits per heavy atom. The van der Waals surface area contributed by atoms with Gasteiger partial charge in [-0.15, -0.1) is 21.5 Å². The lowest BCUT2D eigenvalue weighted by Crippen LogP contribution is -2.15. The van der Waals surface area contributed by atoms with E-state index in [1.54, 1.807) is 11.3 Å². The number of amides is 1. The Balaban J connectivity index is 1.71. The number of halogens is 3. The molecule has 1 N–H and O–H groups in total. The SMILES string of the molecule is CCc1c(-c2nnc(SCC(=O)Nc3cccc(C(F)(F)F)c3)n2CC)csc1C. The van der Waals surface area contributed by atoms with E-state index in [2.05, 4.69) is 34.7 Å². The molecule has 0 fully saturated rings. The van der Waals surface area contributed by atoms with Gasteiger partial charge in [0, 0.05) is 28.1 Å². The predicted molar refractivity (Wildman–Crippen MR) is 114 cm³/mol. The standard InChI is InChI=1S/C20H21F3N4OS2/c1-4-15-12(3)29-10-16(15)18-25-26-19(27(18)5-2)30-11-17(28)24-14-8-6-7-13(9-14)20(21,22)23/h6-10H,4-5,11H2,1-3H3,(H,24,28). The van der Waals surface area contributed by atoms with Crippen LogP contribution in [0.5, 0.6) is 0 Å². The van der Waals surface area contributed by atoms with E-state index in [0.29, 0.717) is 11.7 Å². The van der Waals surface area contributed by atoms with Gasteiger partial charge in [0.2, 0.25) is 5.91 Å². The third-order valence-corrected chi connectivity index (χ3v) is 6.46. The predicted octanol–water partition coefficient (Wildman–Crippen LogP) is 5.65. The summed E-state index contributed by atoms with van der Waals surface area (Å²) >= 11 is 2.87. The normalized spacial score (nSPS) is 11.7. The van der Waals surface area contributed by atoms with E-state index >= 15 is 0 Å². The first-order valence-electron chi connectivity index (χ1n) is 9.35. The summed E-state index contributed by atoms with van der Waals surface area (Å²) in [5, 5.41) is 13.7. The maximum atomic E-state index is 12.8. The fourth-order valence-electron chi connectivity index (χ4n) is 3.09. The molecule has 160 valence electrons. The average molecular weight is 455 g/mol. The van der Waals surface area contributed by atoms with E-state index in [1.807, 2.05) is 11.5 Å². The third-order valence-electron chi connectivity index (χ3n) is 4.54. The average Bonchev–Trinajstić information content (AvgIpc) is 3.28. The second-order valence-electron chi connectivity index (χ2n) is 6.50. The number of thioether (sulfide) groups is 1. The highest BCUT2D eigenvalue weighted by Gasteiger charge is 2.30. The summed E-state index contributed by atoms with van der Waals surface area (Å²) in [6, 6.07) is 4.57. The molecule has 0 spiro atoms. The van der Waals surface area contributed by atoms with Crippen molar-refractivity contribution < 1.29 is 18.0 Å². The summed E-state index contributed by atoms with van der Waals surface area (Å²) in [5.41, 5.74) is 1.59. The highest BCUT2D eigenvalue weighted by atomic mass is 32.2. The van der Waals surface area contributed by atoms with Crippen LogP contribution in [0.2, 0.25) is 0 Å². The van der Waals surface area contributed by atoms with E-state index in [0.717, 1.165) is 29.9 Å². The smallest absolute Gasteiger partial charge is 0.325 e. The zero-order valence-electron chi connectivity index (χ0n) is 16.7. The van der Waals surface area contributed by atoms with Crippen LogP contribution >= 0.6 is 23.1 Å². The number of hydrogen-bond acceptors (Lipinski definition) is 5. The van der Waals surface area contributed by atoms with Crippen molar-refractivity contribution in [3.05, 3.63) is 45.6 Å². The molecule has 1 amide bonds. The maximum absolute atomic E-state index is 12.8. The van der Waals surface area contributed by atoms with Gasteiger partial charge in [0.05, 0.1) is 11.3 Å². The number of rotatable bonds is 7. The molecule has 30 heavy (non-hydrogen) atoms. The molecule has 2 aromatic heterocycles. The van der Waals surface area contributed by atoms with Gasteiger partial charge in [-0.3, -0.25) is 4.79 Å². The van der Waals surface area contributed by atoms with E-state index in [4.69, 9.17) is 0 Å². The van der Waals surface area contributed by atoms with Crippen molar-refractivity contribution >= 4 is 34.7 Å². The number of carbonyl (C=O) groups is 1. The van der Waals surface area contributed by atoms with Crippen molar-refractivity contribution in [1.29, 1.82) is 0 Å². The summed E-state index contributed by atoms with van der Waals surface area (Å²) < 4.78 is 40.4. The minimum absolute atomic E-state index is 0.0116. The van der Waals surface area contributed by atoms with Crippen LogP contribution in [0.4, 0.5) is 18.9 Å². The lowest BCUT2D eigenvalue weighted by Gasteiger charge is -2.10. The molecule has 0 unspecified atom stereocenters. The number of thiophene rings is 1. The summed E-state index contributed by atoms with van der Waals surface area (Å²) in [6.45, 7) is 6.79. The van der Waals surface area contributed by atoms with Gasteiger partial charge in [-0.2, -0.15) is 13.2 Å². The van der Waals surface area contributed by atoms with Crippen LogP contribution in [0.1, 0.15) is 29.9 Å². The number of nitrogens with one attached hydrogen (secondary N) is 1. The Morgan fingerprint density at radius 3 is 2.70 bits per heavy atom. The number of alkyl halides is 3. The van der Waals surface area contributed by atoms with Crippen LogP contribution < -0.4 is 5.32 Å². The van der Waals surface area contributed by atoms with E-state index in [1.165, 1.54) is 34.3 Å². The molecule has 3 rings (SSSR count). The zero-order chi connectivity index (χ0) is 21.9. The largest absolute Gasteiger partial charge is 0.416 e. The molecule has 0 bridgehead atoms. The van der Waals surface area contributed by atoms with Gasteiger partial charge in [-0.05, 0) is 44.0 Å². The van der Waals surface area contributed by atoms with Gasteiger partial charge in [0.15, 0.2) is 11.0 Å². The molecule has 0 aliphatic rings. The fraction of sp³-hybridized carbons (Fsp3) is 0.350. The molecule has 0 aliphatic carbocycles. The summed E-state index contributed by atoms with van der Waals surface area (Å²) in [5.74, 6) is 0.365. The molecule has 0 saturated heterocycles. The molecule has 0 saturated carbocycles. The topological polar surface area (TPSA) is 59.8 Å². The van der Waals surface area contributed by atoms with Crippen molar-refractivity contribution in [2.45, 2.75) is 45.1 Å². The van der Waals surface area contributed by atoms with Gasteiger partial charge in [-0.25, -0.2) is 0 Å². The highest BCUT2D eigenvalue weighted by Crippen LogP contribution is 2.33. The molecule has 0 radical (unpaired) electrons. The Kier molecular flexibility index (Phi) is 6.87. The van der Waals surface area contributed by atoms with Crippen LogP contribution in [-0.2, 0) is 23.9 Å². The lowest BCUT2D eigenvalue weighted by atomic mass is 10.1. The van der Waals surface area contributed by atoms with Crippen molar-refractivity contribution in [1.82, 2.24) is 14.8 Å². The van der Waals surface area contributed by atoms with Crippen LogP contribution in [0, 0.1) is 6.92 Å².